The predicted molar refractivity (Wildman–Crippen MR) is 88.7 cm³/mol. The van der Waals surface area contributed by atoms with Crippen molar-refractivity contribution in [2.24, 2.45) is 10.7 Å². The van der Waals surface area contributed by atoms with Crippen molar-refractivity contribution in [2.45, 2.75) is 0 Å². The first-order valence-electron chi connectivity index (χ1n) is 6.77. The molecule has 23 heavy (non-hydrogen) atoms. The SMILES string of the molecule is C=C(N=C(/C=C\N)c1ccc(C(=O)O)cc1)c1cccc(F)c1. The summed E-state index contributed by atoms with van der Waals surface area (Å²) in [5.41, 5.74) is 7.71. The summed E-state index contributed by atoms with van der Waals surface area (Å²) in [6, 6.07) is 12.2. The maximum atomic E-state index is 13.3. The number of allylic oxidation sites excluding steroid dienone is 1. The summed E-state index contributed by atoms with van der Waals surface area (Å²) >= 11 is 0. The summed E-state index contributed by atoms with van der Waals surface area (Å²) in [7, 11) is 0. The Balaban J connectivity index is 2.37. The number of halogens is 1. The van der Waals surface area contributed by atoms with Crippen molar-refractivity contribution in [3.05, 3.63) is 89.9 Å². The van der Waals surface area contributed by atoms with Crippen LogP contribution in [0.4, 0.5) is 4.39 Å². The Morgan fingerprint density at radius 1 is 1.13 bits per heavy atom. The first-order valence-corrected chi connectivity index (χ1v) is 6.77. The van der Waals surface area contributed by atoms with E-state index in [-0.39, 0.29) is 11.4 Å². The fourth-order valence-corrected chi connectivity index (χ4v) is 1.95. The molecule has 0 bridgehead atoms. The van der Waals surface area contributed by atoms with E-state index >= 15 is 0 Å². The zero-order valence-corrected chi connectivity index (χ0v) is 12.2. The van der Waals surface area contributed by atoms with E-state index < -0.39 is 5.97 Å². The van der Waals surface area contributed by atoms with Crippen molar-refractivity contribution >= 4 is 17.4 Å². The summed E-state index contributed by atoms with van der Waals surface area (Å²) in [6.45, 7) is 3.84. The van der Waals surface area contributed by atoms with Gasteiger partial charge in [-0.3, -0.25) is 0 Å². The van der Waals surface area contributed by atoms with Crippen LogP contribution in [0.15, 0.2) is 72.4 Å². The molecule has 0 atom stereocenters. The third-order valence-electron chi connectivity index (χ3n) is 3.09. The first-order chi connectivity index (χ1) is 11.0. The second kappa shape index (κ2) is 7.17. The van der Waals surface area contributed by atoms with Crippen molar-refractivity contribution in [1.82, 2.24) is 0 Å². The molecule has 0 spiro atoms. The van der Waals surface area contributed by atoms with Crippen LogP contribution in [0.25, 0.3) is 5.70 Å². The molecular weight excluding hydrogens is 295 g/mol. The van der Waals surface area contributed by atoms with Gasteiger partial charge < -0.3 is 10.8 Å². The average molecular weight is 310 g/mol. The van der Waals surface area contributed by atoms with Crippen LogP contribution < -0.4 is 5.73 Å². The number of rotatable bonds is 5. The van der Waals surface area contributed by atoms with Crippen molar-refractivity contribution in [3.63, 3.8) is 0 Å². The number of aromatic carboxylic acids is 1. The lowest BCUT2D eigenvalue weighted by molar-refractivity contribution is 0.0697. The van der Waals surface area contributed by atoms with E-state index in [1.807, 2.05) is 0 Å². The van der Waals surface area contributed by atoms with E-state index in [4.69, 9.17) is 10.8 Å². The number of hydrogen-bond acceptors (Lipinski definition) is 3. The summed E-state index contributed by atoms with van der Waals surface area (Å²) < 4.78 is 13.3. The molecule has 0 aromatic heterocycles. The van der Waals surface area contributed by atoms with Gasteiger partial charge in [0.25, 0.3) is 0 Å². The van der Waals surface area contributed by atoms with Gasteiger partial charge >= 0.3 is 5.97 Å². The molecule has 5 heteroatoms. The molecule has 0 saturated heterocycles. The van der Waals surface area contributed by atoms with Crippen molar-refractivity contribution in [2.75, 3.05) is 0 Å². The Kier molecular flexibility index (Phi) is 5.04. The van der Waals surface area contributed by atoms with Gasteiger partial charge in [0.05, 0.1) is 17.0 Å². The van der Waals surface area contributed by atoms with E-state index in [1.165, 1.54) is 30.5 Å². The molecule has 2 aromatic rings. The minimum absolute atomic E-state index is 0.175. The average Bonchev–Trinajstić information content (AvgIpc) is 2.54. The number of carboxylic acids is 1. The van der Waals surface area contributed by atoms with E-state index in [0.717, 1.165) is 0 Å². The van der Waals surface area contributed by atoms with Crippen LogP contribution in [0.3, 0.4) is 0 Å². The minimum Gasteiger partial charge on any atom is -0.478 e. The van der Waals surface area contributed by atoms with Crippen LogP contribution in [0.5, 0.6) is 0 Å². The van der Waals surface area contributed by atoms with Gasteiger partial charge in [0.2, 0.25) is 0 Å². The van der Waals surface area contributed by atoms with E-state index in [9.17, 15) is 9.18 Å². The summed E-state index contributed by atoms with van der Waals surface area (Å²) in [4.78, 5) is 15.3. The standard InChI is InChI=1S/C18H15FN2O2/c1-12(15-3-2-4-16(19)11-15)21-17(9-10-20)13-5-7-14(8-6-13)18(22)23/h2-11H,1,20H2,(H,22,23)/b10-9-,21-17?. The van der Waals surface area contributed by atoms with Crippen LogP contribution in [-0.2, 0) is 0 Å². The zero-order chi connectivity index (χ0) is 16.8. The highest BCUT2D eigenvalue weighted by molar-refractivity contribution is 6.11. The van der Waals surface area contributed by atoms with Crippen LogP contribution in [0.1, 0.15) is 21.5 Å². The number of carbonyl (C=O) groups is 1. The molecule has 0 heterocycles. The topological polar surface area (TPSA) is 75.7 Å². The molecule has 0 unspecified atom stereocenters. The molecule has 2 rings (SSSR count). The molecular formula is C18H15FN2O2. The third kappa shape index (κ3) is 4.14. The van der Waals surface area contributed by atoms with Crippen LogP contribution >= 0.6 is 0 Å². The normalized spacial score (nSPS) is 11.6. The smallest absolute Gasteiger partial charge is 0.335 e. The molecule has 0 aliphatic heterocycles. The molecule has 0 radical (unpaired) electrons. The van der Waals surface area contributed by atoms with Crippen LogP contribution in [0.2, 0.25) is 0 Å². The lowest BCUT2D eigenvalue weighted by Crippen LogP contribution is -2.01. The van der Waals surface area contributed by atoms with Gasteiger partial charge in [0.15, 0.2) is 0 Å². The number of aliphatic imine (C=N–C) groups is 1. The maximum Gasteiger partial charge on any atom is 0.335 e. The maximum absolute atomic E-state index is 13.3. The molecule has 3 N–H and O–H groups in total. The lowest BCUT2D eigenvalue weighted by Gasteiger charge is -2.06. The fraction of sp³-hybridized carbons (Fsp3) is 0. The number of nitrogens with zero attached hydrogens (tertiary/aromatic N) is 1. The van der Waals surface area contributed by atoms with Gasteiger partial charge in [0, 0.05) is 11.1 Å². The molecule has 0 saturated carbocycles. The predicted octanol–water partition coefficient (Wildman–Crippen LogP) is 3.46. The van der Waals surface area contributed by atoms with E-state index in [2.05, 4.69) is 11.6 Å². The molecule has 0 aliphatic rings. The summed E-state index contributed by atoms with van der Waals surface area (Å²) in [6.07, 6.45) is 2.89. The highest BCUT2D eigenvalue weighted by atomic mass is 19.1. The monoisotopic (exact) mass is 310 g/mol. The molecule has 0 aliphatic carbocycles. The van der Waals surface area contributed by atoms with Gasteiger partial charge in [-0.2, -0.15) is 0 Å². The second-order valence-electron chi connectivity index (χ2n) is 4.70. The number of nitrogens with two attached hydrogens (primary N) is 1. The van der Waals surface area contributed by atoms with Crippen LogP contribution in [0, 0.1) is 5.82 Å². The molecule has 4 nitrogen and oxygen atoms in total. The fourth-order valence-electron chi connectivity index (χ4n) is 1.95. The van der Waals surface area contributed by atoms with Gasteiger partial charge in [-0.1, -0.05) is 30.8 Å². The van der Waals surface area contributed by atoms with Gasteiger partial charge in [0.1, 0.15) is 5.82 Å². The number of carboxylic acid groups (broad SMARTS) is 1. The van der Waals surface area contributed by atoms with Crippen molar-refractivity contribution in [3.8, 4) is 0 Å². The zero-order valence-electron chi connectivity index (χ0n) is 12.2. The Morgan fingerprint density at radius 3 is 2.35 bits per heavy atom. The Morgan fingerprint density at radius 2 is 1.78 bits per heavy atom. The van der Waals surface area contributed by atoms with Gasteiger partial charge in [-0.25, -0.2) is 14.2 Å². The Bertz CT molecular complexity index is 793. The molecule has 116 valence electrons. The van der Waals surface area contributed by atoms with Crippen LogP contribution in [-0.4, -0.2) is 16.8 Å². The lowest BCUT2D eigenvalue weighted by atomic mass is 10.1. The molecule has 0 amide bonds. The van der Waals surface area contributed by atoms with Crippen molar-refractivity contribution in [1.29, 1.82) is 0 Å². The van der Waals surface area contributed by atoms with E-state index in [0.29, 0.717) is 22.5 Å². The Hall–Kier alpha value is -3.21. The quantitative estimate of drug-likeness (QED) is 0.830. The summed E-state index contributed by atoms with van der Waals surface area (Å²) in [5.74, 6) is -1.38. The number of benzene rings is 2. The molecule has 2 aromatic carbocycles. The van der Waals surface area contributed by atoms with Gasteiger partial charge in [-0.05, 0) is 36.5 Å². The largest absolute Gasteiger partial charge is 0.478 e. The minimum atomic E-state index is -1.01. The van der Waals surface area contributed by atoms with Gasteiger partial charge in [-0.15, -0.1) is 0 Å². The Labute approximate surface area is 133 Å². The highest BCUT2D eigenvalue weighted by Crippen LogP contribution is 2.17. The summed E-state index contributed by atoms with van der Waals surface area (Å²) in [5, 5.41) is 8.92. The second-order valence-corrected chi connectivity index (χ2v) is 4.70. The number of hydrogen-bond donors (Lipinski definition) is 2. The third-order valence-corrected chi connectivity index (χ3v) is 3.09. The molecule has 0 fully saturated rings. The first kappa shape index (κ1) is 16.2. The van der Waals surface area contributed by atoms with Crippen molar-refractivity contribution < 1.29 is 14.3 Å². The van der Waals surface area contributed by atoms with E-state index in [1.54, 1.807) is 30.3 Å². The highest BCUT2D eigenvalue weighted by Gasteiger charge is 2.06.